The summed E-state index contributed by atoms with van der Waals surface area (Å²) >= 11 is 10.9. The molecule has 1 aromatic carbocycles. The van der Waals surface area contributed by atoms with Crippen LogP contribution in [0.4, 0.5) is 5.69 Å². The van der Waals surface area contributed by atoms with Gasteiger partial charge in [0.15, 0.2) is 0 Å². The number of anilines is 1. The molecule has 0 saturated heterocycles. The van der Waals surface area contributed by atoms with Gasteiger partial charge in [-0.05, 0) is 34.1 Å². The summed E-state index contributed by atoms with van der Waals surface area (Å²) in [4.78, 5) is 1.13. The minimum absolute atomic E-state index is 0.501. The molecule has 0 aliphatic heterocycles. The molecule has 0 radical (unpaired) electrons. The van der Waals surface area contributed by atoms with Gasteiger partial charge in [0.1, 0.15) is 12.4 Å². The van der Waals surface area contributed by atoms with E-state index in [4.69, 9.17) is 22.1 Å². The van der Waals surface area contributed by atoms with Gasteiger partial charge in [0.2, 0.25) is 0 Å². The van der Waals surface area contributed by atoms with E-state index in [9.17, 15) is 0 Å². The molecule has 2 aromatic rings. The van der Waals surface area contributed by atoms with Crippen molar-refractivity contribution in [3.05, 3.63) is 44.0 Å². The smallest absolute Gasteiger partial charge is 0.144 e. The summed E-state index contributed by atoms with van der Waals surface area (Å²) in [5.74, 6) is 0.622. The van der Waals surface area contributed by atoms with Crippen molar-refractivity contribution < 1.29 is 4.74 Å². The van der Waals surface area contributed by atoms with E-state index < -0.39 is 0 Å². The number of hydrogen-bond acceptors (Lipinski definition) is 3. The summed E-state index contributed by atoms with van der Waals surface area (Å²) in [6.45, 7) is 0.501. The molecule has 0 bridgehead atoms. The fraction of sp³-hybridized carbons (Fsp3) is 0.0909. The number of hydrogen-bond donors (Lipinski definition) is 1. The Morgan fingerprint density at radius 1 is 1.38 bits per heavy atom. The van der Waals surface area contributed by atoms with Crippen LogP contribution in [0, 0.1) is 0 Å². The van der Waals surface area contributed by atoms with Crippen LogP contribution in [0.2, 0.25) is 5.02 Å². The normalized spacial score (nSPS) is 10.4. The molecule has 84 valence electrons. The predicted molar refractivity (Wildman–Crippen MR) is 72.2 cm³/mol. The number of thiophene rings is 1. The number of nitrogen functional groups attached to an aromatic ring is 1. The largest absolute Gasteiger partial charge is 0.486 e. The van der Waals surface area contributed by atoms with E-state index in [1.165, 1.54) is 0 Å². The molecular formula is C11H9BrClNOS. The predicted octanol–water partition coefficient (Wildman–Crippen LogP) is 4.33. The Balaban J connectivity index is 2.07. The summed E-state index contributed by atoms with van der Waals surface area (Å²) in [5, 5.41) is 2.64. The van der Waals surface area contributed by atoms with Crippen LogP contribution >= 0.6 is 38.9 Å². The molecule has 0 unspecified atom stereocenters. The fourth-order valence-electron chi connectivity index (χ4n) is 1.21. The Morgan fingerprint density at radius 3 is 2.88 bits per heavy atom. The van der Waals surface area contributed by atoms with Crippen molar-refractivity contribution in [3.8, 4) is 5.75 Å². The van der Waals surface area contributed by atoms with E-state index >= 15 is 0 Å². The van der Waals surface area contributed by atoms with Crippen LogP contribution in [0.3, 0.4) is 0 Å². The van der Waals surface area contributed by atoms with E-state index in [-0.39, 0.29) is 0 Å². The topological polar surface area (TPSA) is 35.2 Å². The monoisotopic (exact) mass is 317 g/mol. The highest BCUT2D eigenvalue weighted by Crippen LogP contribution is 2.27. The zero-order chi connectivity index (χ0) is 11.5. The molecule has 0 fully saturated rings. The zero-order valence-corrected chi connectivity index (χ0v) is 11.4. The van der Waals surface area contributed by atoms with Crippen LogP contribution in [0.5, 0.6) is 5.75 Å². The van der Waals surface area contributed by atoms with Gasteiger partial charge in [-0.25, -0.2) is 0 Å². The second-order valence-electron chi connectivity index (χ2n) is 3.20. The Morgan fingerprint density at radius 2 is 2.19 bits per heavy atom. The maximum absolute atomic E-state index is 5.86. The lowest BCUT2D eigenvalue weighted by Crippen LogP contribution is -1.97. The van der Waals surface area contributed by atoms with Gasteiger partial charge in [-0.3, -0.25) is 0 Å². The summed E-state index contributed by atoms with van der Waals surface area (Å²) in [7, 11) is 0. The molecule has 0 amide bonds. The summed E-state index contributed by atoms with van der Waals surface area (Å²) in [5.41, 5.74) is 6.37. The third kappa shape index (κ3) is 2.90. The van der Waals surface area contributed by atoms with Gasteiger partial charge in [-0.1, -0.05) is 11.6 Å². The van der Waals surface area contributed by atoms with Crippen molar-refractivity contribution in [2.45, 2.75) is 6.61 Å². The van der Waals surface area contributed by atoms with Gasteiger partial charge in [-0.2, -0.15) is 0 Å². The second-order valence-corrected chi connectivity index (χ2v) is 5.55. The first kappa shape index (κ1) is 11.8. The lowest BCUT2D eigenvalue weighted by atomic mass is 10.3. The average Bonchev–Trinajstić information content (AvgIpc) is 2.66. The number of rotatable bonds is 3. The standard InChI is InChI=1S/C11H9BrClNOS/c12-7-3-9(16-6-7)5-15-11-4-8(13)1-2-10(11)14/h1-4,6H,5,14H2. The highest BCUT2D eigenvalue weighted by Gasteiger charge is 2.03. The van der Waals surface area contributed by atoms with Crippen LogP contribution < -0.4 is 10.5 Å². The van der Waals surface area contributed by atoms with Crippen LogP contribution in [-0.2, 0) is 6.61 Å². The number of halogens is 2. The van der Waals surface area contributed by atoms with Gasteiger partial charge in [0, 0.05) is 25.8 Å². The van der Waals surface area contributed by atoms with E-state index in [0.717, 1.165) is 9.35 Å². The van der Waals surface area contributed by atoms with E-state index in [0.29, 0.717) is 23.1 Å². The third-order valence-corrected chi connectivity index (χ3v) is 3.87. The molecule has 0 atom stereocenters. The number of benzene rings is 1. The Kier molecular flexibility index (Phi) is 3.74. The molecule has 0 aliphatic carbocycles. The molecule has 0 spiro atoms. The fourth-order valence-corrected chi connectivity index (χ4v) is 2.74. The SMILES string of the molecule is Nc1ccc(Cl)cc1OCc1cc(Br)cs1. The lowest BCUT2D eigenvalue weighted by Gasteiger charge is -2.07. The Labute approximate surface area is 111 Å². The quantitative estimate of drug-likeness (QED) is 0.855. The van der Waals surface area contributed by atoms with Crippen molar-refractivity contribution in [2.75, 3.05) is 5.73 Å². The van der Waals surface area contributed by atoms with Crippen molar-refractivity contribution in [2.24, 2.45) is 0 Å². The first-order valence-electron chi connectivity index (χ1n) is 4.56. The molecule has 16 heavy (non-hydrogen) atoms. The van der Waals surface area contributed by atoms with Crippen LogP contribution in [0.15, 0.2) is 34.1 Å². The first-order valence-corrected chi connectivity index (χ1v) is 6.61. The zero-order valence-electron chi connectivity index (χ0n) is 8.24. The maximum atomic E-state index is 5.86. The lowest BCUT2D eigenvalue weighted by molar-refractivity contribution is 0.311. The van der Waals surface area contributed by atoms with E-state index in [1.807, 2.05) is 11.4 Å². The average molecular weight is 319 g/mol. The number of ether oxygens (including phenoxy) is 1. The van der Waals surface area contributed by atoms with Crippen molar-refractivity contribution >= 4 is 44.6 Å². The minimum atomic E-state index is 0.501. The van der Waals surface area contributed by atoms with E-state index in [2.05, 4.69) is 15.9 Å². The maximum Gasteiger partial charge on any atom is 0.144 e. The Bertz CT molecular complexity index is 500. The molecule has 2 rings (SSSR count). The van der Waals surface area contributed by atoms with Gasteiger partial charge < -0.3 is 10.5 Å². The highest BCUT2D eigenvalue weighted by molar-refractivity contribution is 9.10. The molecule has 5 heteroatoms. The highest BCUT2D eigenvalue weighted by atomic mass is 79.9. The van der Waals surface area contributed by atoms with E-state index in [1.54, 1.807) is 29.5 Å². The van der Waals surface area contributed by atoms with Gasteiger partial charge >= 0.3 is 0 Å². The van der Waals surface area contributed by atoms with Crippen LogP contribution in [-0.4, -0.2) is 0 Å². The molecular weight excluding hydrogens is 310 g/mol. The van der Waals surface area contributed by atoms with Crippen molar-refractivity contribution in [1.82, 2.24) is 0 Å². The molecule has 1 aromatic heterocycles. The molecule has 2 N–H and O–H groups in total. The summed E-state index contributed by atoms with van der Waals surface area (Å²) in [6, 6.07) is 7.22. The third-order valence-electron chi connectivity index (χ3n) is 1.97. The van der Waals surface area contributed by atoms with Crippen molar-refractivity contribution in [1.29, 1.82) is 0 Å². The molecule has 1 heterocycles. The minimum Gasteiger partial charge on any atom is -0.486 e. The first-order chi connectivity index (χ1) is 7.65. The van der Waals surface area contributed by atoms with Crippen LogP contribution in [0.25, 0.3) is 0 Å². The Hall–Kier alpha value is -0.710. The molecule has 2 nitrogen and oxygen atoms in total. The summed E-state index contributed by atoms with van der Waals surface area (Å²) in [6.07, 6.45) is 0. The van der Waals surface area contributed by atoms with Gasteiger partial charge in [0.05, 0.1) is 5.69 Å². The van der Waals surface area contributed by atoms with Crippen molar-refractivity contribution in [3.63, 3.8) is 0 Å². The number of nitrogens with two attached hydrogens (primary N) is 1. The summed E-state index contributed by atoms with van der Waals surface area (Å²) < 4.78 is 6.66. The van der Waals surface area contributed by atoms with Gasteiger partial charge in [-0.15, -0.1) is 11.3 Å². The molecule has 0 aliphatic rings. The van der Waals surface area contributed by atoms with Crippen LogP contribution in [0.1, 0.15) is 4.88 Å². The molecule has 0 saturated carbocycles. The van der Waals surface area contributed by atoms with Gasteiger partial charge in [0.25, 0.3) is 0 Å². The second kappa shape index (κ2) is 5.08.